The number of para-hydroxylation sites is 1. The van der Waals surface area contributed by atoms with Gasteiger partial charge in [0.25, 0.3) is 0 Å². The SMILES string of the molecule is CC(Sc1nnc(-c2ccc3c(c2)OCO3)n1-c1ccccc1)C(=O)Nc1ccc(S(=O)(=O)N2CCOCC2)cc1. The molecule has 11 nitrogen and oxygen atoms in total. The number of amides is 1. The molecule has 0 saturated carbocycles. The third-order valence-electron chi connectivity index (χ3n) is 6.66. The minimum Gasteiger partial charge on any atom is -0.454 e. The number of morpholine rings is 1. The fourth-order valence-corrected chi connectivity index (χ4v) is 6.76. The van der Waals surface area contributed by atoms with Crippen LogP contribution in [0.1, 0.15) is 6.92 Å². The van der Waals surface area contributed by atoms with E-state index in [1.54, 1.807) is 19.1 Å². The Bertz CT molecular complexity index is 1660. The Labute approximate surface area is 241 Å². The first-order valence-electron chi connectivity index (χ1n) is 13.0. The third kappa shape index (κ3) is 5.66. The second kappa shape index (κ2) is 11.5. The van der Waals surface area contributed by atoms with Gasteiger partial charge in [-0.1, -0.05) is 30.0 Å². The Balaban J connectivity index is 1.19. The molecule has 0 aliphatic carbocycles. The molecule has 4 aromatic rings. The molecular formula is C28H27N5O6S2. The van der Waals surface area contributed by atoms with Crippen molar-refractivity contribution >= 4 is 33.4 Å². The van der Waals surface area contributed by atoms with Gasteiger partial charge in [-0.05, 0) is 61.5 Å². The molecule has 1 saturated heterocycles. The number of anilines is 1. The maximum Gasteiger partial charge on any atom is 0.243 e. The van der Waals surface area contributed by atoms with Crippen molar-refractivity contribution in [1.29, 1.82) is 0 Å². The number of thioether (sulfide) groups is 1. The lowest BCUT2D eigenvalue weighted by Crippen LogP contribution is -2.40. The zero-order valence-electron chi connectivity index (χ0n) is 22.1. The number of fused-ring (bicyclic) bond motifs is 1. The summed E-state index contributed by atoms with van der Waals surface area (Å²) >= 11 is 1.27. The summed E-state index contributed by atoms with van der Waals surface area (Å²) in [5.41, 5.74) is 2.13. The summed E-state index contributed by atoms with van der Waals surface area (Å²) in [6, 6.07) is 21.4. The van der Waals surface area contributed by atoms with Crippen LogP contribution in [0.25, 0.3) is 17.1 Å². The van der Waals surface area contributed by atoms with Crippen LogP contribution < -0.4 is 14.8 Å². The highest BCUT2D eigenvalue weighted by molar-refractivity contribution is 8.00. The quantitative estimate of drug-likeness (QED) is 0.304. The highest BCUT2D eigenvalue weighted by Gasteiger charge is 2.27. The number of carbonyl (C=O) groups is 1. The molecule has 3 heterocycles. The fourth-order valence-electron chi connectivity index (χ4n) is 4.48. The predicted octanol–water partition coefficient (Wildman–Crippen LogP) is 3.80. The summed E-state index contributed by atoms with van der Waals surface area (Å²) in [7, 11) is -3.62. The summed E-state index contributed by atoms with van der Waals surface area (Å²) in [5, 5.41) is 11.7. The molecule has 0 radical (unpaired) electrons. The van der Waals surface area contributed by atoms with Crippen LogP contribution >= 0.6 is 11.8 Å². The number of sulfonamides is 1. The molecule has 1 amide bonds. The van der Waals surface area contributed by atoms with Crippen molar-refractivity contribution < 1.29 is 27.4 Å². The highest BCUT2D eigenvalue weighted by Crippen LogP contribution is 2.37. The molecule has 1 N–H and O–H groups in total. The van der Waals surface area contributed by atoms with E-state index in [1.165, 1.54) is 28.2 Å². The molecule has 13 heteroatoms. The van der Waals surface area contributed by atoms with Crippen molar-refractivity contribution in [3.05, 3.63) is 72.8 Å². The lowest BCUT2D eigenvalue weighted by molar-refractivity contribution is -0.115. The summed E-state index contributed by atoms with van der Waals surface area (Å²) in [6.07, 6.45) is 0. The second-order valence-corrected chi connectivity index (χ2v) is 12.6. The van der Waals surface area contributed by atoms with Gasteiger partial charge in [0.2, 0.25) is 22.7 Å². The zero-order chi connectivity index (χ0) is 28.4. The zero-order valence-corrected chi connectivity index (χ0v) is 23.7. The maximum absolute atomic E-state index is 13.1. The van der Waals surface area contributed by atoms with E-state index in [2.05, 4.69) is 15.5 Å². The lowest BCUT2D eigenvalue weighted by Gasteiger charge is -2.26. The third-order valence-corrected chi connectivity index (χ3v) is 9.62. The largest absolute Gasteiger partial charge is 0.454 e. The van der Waals surface area contributed by atoms with Gasteiger partial charge in [-0.25, -0.2) is 8.42 Å². The Kier molecular flexibility index (Phi) is 7.67. The van der Waals surface area contributed by atoms with E-state index in [0.29, 0.717) is 54.5 Å². The van der Waals surface area contributed by atoms with Crippen molar-refractivity contribution in [3.8, 4) is 28.6 Å². The lowest BCUT2D eigenvalue weighted by atomic mass is 10.2. The van der Waals surface area contributed by atoms with Crippen LogP contribution in [0.2, 0.25) is 0 Å². The summed E-state index contributed by atoms with van der Waals surface area (Å²) in [5.74, 6) is 1.65. The van der Waals surface area contributed by atoms with E-state index >= 15 is 0 Å². The summed E-state index contributed by atoms with van der Waals surface area (Å²) < 4.78 is 45.3. The number of hydrogen-bond acceptors (Lipinski definition) is 9. The van der Waals surface area contributed by atoms with Gasteiger partial charge in [0, 0.05) is 30.0 Å². The number of benzene rings is 3. The van der Waals surface area contributed by atoms with Gasteiger partial charge in [-0.3, -0.25) is 9.36 Å². The molecule has 1 unspecified atom stereocenters. The molecule has 0 bridgehead atoms. The number of aromatic nitrogens is 3. The average Bonchev–Trinajstić information content (AvgIpc) is 3.65. The number of nitrogens with one attached hydrogen (secondary N) is 1. The van der Waals surface area contributed by atoms with Gasteiger partial charge in [-0.15, -0.1) is 10.2 Å². The van der Waals surface area contributed by atoms with Gasteiger partial charge in [-0.2, -0.15) is 4.31 Å². The predicted molar refractivity (Wildman–Crippen MR) is 153 cm³/mol. The van der Waals surface area contributed by atoms with Crippen LogP contribution in [-0.2, 0) is 19.6 Å². The molecular weight excluding hydrogens is 566 g/mol. The molecule has 1 aromatic heterocycles. The highest BCUT2D eigenvalue weighted by atomic mass is 32.2. The van der Waals surface area contributed by atoms with Crippen molar-refractivity contribution in [1.82, 2.24) is 19.1 Å². The Hall–Kier alpha value is -3.91. The molecule has 2 aliphatic rings. The number of rotatable bonds is 8. The van der Waals surface area contributed by atoms with E-state index in [-0.39, 0.29) is 17.6 Å². The minimum absolute atomic E-state index is 0.171. The fraction of sp³-hybridized carbons (Fsp3) is 0.250. The van der Waals surface area contributed by atoms with Crippen LogP contribution in [0, 0.1) is 0 Å². The first-order valence-corrected chi connectivity index (χ1v) is 15.3. The van der Waals surface area contributed by atoms with Crippen LogP contribution in [0.5, 0.6) is 11.5 Å². The van der Waals surface area contributed by atoms with Crippen molar-refractivity contribution in [2.45, 2.75) is 22.2 Å². The van der Waals surface area contributed by atoms with E-state index in [9.17, 15) is 13.2 Å². The number of carbonyl (C=O) groups excluding carboxylic acids is 1. The molecule has 6 rings (SSSR count). The van der Waals surface area contributed by atoms with Crippen molar-refractivity contribution in [2.24, 2.45) is 0 Å². The molecule has 3 aromatic carbocycles. The first-order chi connectivity index (χ1) is 19.9. The van der Waals surface area contributed by atoms with Crippen molar-refractivity contribution in [2.75, 3.05) is 38.4 Å². The number of nitrogens with zero attached hydrogens (tertiary/aromatic N) is 4. The monoisotopic (exact) mass is 593 g/mol. The number of ether oxygens (including phenoxy) is 3. The molecule has 0 spiro atoms. The summed E-state index contributed by atoms with van der Waals surface area (Å²) in [4.78, 5) is 13.3. The summed E-state index contributed by atoms with van der Waals surface area (Å²) in [6.45, 7) is 3.34. The Morgan fingerprint density at radius 1 is 0.951 bits per heavy atom. The molecule has 212 valence electrons. The molecule has 1 atom stereocenters. The normalized spacial score (nSPS) is 15.9. The Morgan fingerprint density at radius 3 is 2.44 bits per heavy atom. The molecule has 41 heavy (non-hydrogen) atoms. The van der Waals surface area contributed by atoms with Crippen LogP contribution in [0.3, 0.4) is 0 Å². The van der Waals surface area contributed by atoms with E-state index in [1.807, 2.05) is 53.1 Å². The van der Waals surface area contributed by atoms with Crippen LogP contribution in [-0.4, -0.2) is 71.7 Å². The smallest absolute Gasteiger partial charge is 0.243 e. The molecule has 2 aliphatic heterocycles. The standard InChI is InChI=1S/C28H27N5O6S2/c1-19(27(34)29-21-8-10-23(11-9-21)41(35,36)32-13-15-37-16-14-32)40-28-31-30-26(33(28)22-5-3-2-4-6-22)20-7-12-24-25(17-20)39-18-38-24/h2-12,17,19H,13-16,18H2,1H3,(H,29,34). The number of hydrogen-bond donors (Lipinski definition) is 1. The van der Waals surface area contributed by atoms with Gasteiger partial charge in [0.05, 0.1) is 23.4 Å². The van der Waals surface area contributed by atoms with Crippen molar-refractivity contribution in [3.63, 3.8) is 0 Å². The van der Waals surface area contributed by atoms with Gasteiger partial charge in [0.15, 0.2) is 22.5 Å². The Morgan fingerprint density at radius 2 is 1.68 bits per heavy atom. The maximum atomic E-state index is 13.1. The van der Waals surface area contributed by atoms with Gasteiger partial charge >= 0.3 is 0 Å². The van der Waals surface area contributed by atoms with Gasteiger partial charge < -0.3 is 19.5 Å². The molecule has 1 fully saturated rings. The van der Waals surface area contributed by atoms with Crippen LogP contribution in [0.4, 0.5) is 5.69 Å². The van der Waals surface area contributed by atoms with E-state index < -0.39 is 15.3 Å². The second-order valence-electron chi connectivity index (χ2n) is 9.34. The van der Waals surface area contributed by atoms with E-state index in [0.717, 1.165) is 11.3 Å². The van der Waals surface area contributed by atoms with Gasteiger partial charge in [0.1, 0.15) is 0 Å². The van der Waals surface area contributed by atoms with E-state index in [4.69, 9.17) is 14.2 Å². The first kappa shape index (κ1) is 27.3. The van der Waals surface area contributed by atoms with Crippen LogP contribution in [0.15, 0.2) is 82.8 Å². The average molecular weight is 594 g/mol. The minimum atomic E-state index is -3.62. The topological polar surface area (TPSA) is 125 Å².